The van der Waals surface area contributed by atoms with Gasteiger partial charge in [-0.05, 0) is 0 Å². The maximum atomic E-state index is 8.52. The zero-order valence-corrected chi connectivity index (χ0v) is 4.32. The molecular formula is FeO4S. The Morgan fingerprint density at radius 3 is 1.17 bits per heavy atom. The van der Waals surface area contributed by atoms with Gasteiger partial charge in [-0.2, -0.15) is 0 Å². The summed E-state index contributed by atoms with van der Waals surface area (Å²) < 4.78 is 34.1. The molecule has 0 aromatic heterocycles. The largest absolute Gasteiger partial charge is 2.00 e. The topological polar surface area (TPSA) is 80.3 Å². The Morgan fingerprint density at radius 1 is 1.17 bits per heavy atom. The van der Waals surface area contributed by atoms with Crippen molar-refractivity contribution >= 4 is 10.4 Å². The van der Waals surface area contributed by atoms with E-state index in [2.05, 4.69) is 0 Å². The third-order valence-electron chi connectivity index (χ3n) is 0. The van der Waals surface area contributed by atoms with E-state index in [1.165, 1.54) is 0 Å². The number of rotatable bonds is 0. The molecule has 0 fully saturated rings. The molecule has 0 N–H and O–H groups in total. The first kappa shape index (κ1) is 9.63. The molecule has 0 saturated carbocycles. The van der Waals surface area contributed by atoms with Crippen LogP contribution < -0.4 is 0 Å². The summed E-state index contributed by atoms with van der Waals surface area (Å²) in [6.07, 6.45) is 0. The van der Waals surface area contributed by atoms with Crippen LogP contribution in [0.5, 0.6) is 0 Å². The van der Waals surface area contributed by atoms with E-state index in [-0.39, 0.29) is 17.1 Å². The average Bonchev–Trinajstić information content (AvgIpc) is 0.722. The molecule has 0 heterocycles. The molecule has 0 aliphatic carbocycles. The first-order valence-electron chi connectivity index (χ1n) is 0.667. The molecule has 0 radical (unpaired) electrons. The third kappa shape index (κ3) is 332. The van der Waals surface area contributed by atoms with Crippen molar-refractivity contribution in [2.45, 2.75) is 0 Å². The number of hydrogen-bond donors (Lipinski definition) is 0. The fraction of sp³-hybridized carbons (Fsp3) is 0. The van der Waals surface area contributed by atoms with Crippen molar-refractivity contribution in [3.05, 3.63) is 0 Å². The van der Waals surface area contributed by atoms with E-state index in [1.54, 1.807) is 0 Å². The van der Waals surface area contributed by atoms with Gasteiger partial charge in [0.1, 0.15) is 0 Å². The molecule has 0 aromatic rings. The van der Waals surface area contributed by atoms with Crippen molar-refractivity contribution < 1.29 is 34.6 Å². The molecule has 6 heteroatoms. The van der Waals surface area contributed by atoms with Crippen LogP contribution >= 0.6 is 0 Å². The Morgan fingerprint density at radius 2 is 1.17 bits per heavy atom. The van der Waals surface area contributed by atoms with Crippen LogP contribution in [0.15, 0.2) is 0 Å². The second-order valence-electron chi connectivity index (χ2n) is 0.408. The van der Waals surface area contributed by atoms with Gasteiger partial charge < -0.3 is 9.11 Å². The monoisotopic (exact) mass is 155 g/mol. The van der Waals surface area contributed by atoms with Gasteiger partial charge in [0, 0.05) is 10.4 Å². The van der Waals surface area contributed by atoms with Gasteiger partial charge >= 0.3 is 17.1 Å². The summed E-state index contributed by atoms with van der Waals surface area (Å²) in [6.45, 7) is 0. The van der Waals surface area contributed by atoms with Gasteiger partial charge in [0.25, 0.3) is 0 Å². The summed E-state index contributed by atoms with van der Waals surface area (Å²) in [5.74, 6) is 0. The van der Waals surface area contributed by atoms with Crippen LogP contribution in [0, 0.1) is 0 Å². The molecule has 0 aliphatic rings. The van der Waals surface area contributed by atoms with Crippen LogP contribution in [0.1, 0.15) is 0 Å². The van der Waals surface area contributed by atoms with Gasteiger partial charge in [0.15, 0.2) is 0 Å². The van der Waals surface area contributed by atoms with E-state index in [1.807, 2.05) is 0 Å². The smallest absolute Gasteiger partial charge is 0.759 e. The van der Waals surface area contributed by atoms with Gasteiger partial charge in [-0.15, -0.1) is 0 Å². The van der Waals surface area contributed by atoms with E-state index in [0.29, 0.717) is 0 Å². The number of hydrogen-bond acceptors (Lipinski definition) is 4. The van der Waals surface area contributed by atoms with Gasteiger partial charge in [0.2, 0.25) is 0 Å². The minimum atomic E-state index is -5.17. The van der Waals surface area contributed by atoms with Gasteiger partial charge in [-0.1, -0.05) is 0 Å². The Labute approximate surface area is 45.6 Å². The molecule has 38 valence electrons. The molecule has 0 spiro atoms. The van der Waals surface area contributed by atoms with E-state index in [0.717, 1.165) is 0 Å². The summed E-state index contributed by atoms with van der Waals surface area (Å²) in [7, 11) is -5.17. The van der Waals surface area contributed by atoms with Gasteiger partial charge in [0.05, 0.1) is 0 Å². The molecule has 4 nitrogen and oxygen atoms in total. The Kier molecular flexibility index (Phi) is 4.08. The first-order chi connectivity index (χ1) is 2.00. The molecule has 0 aromatic carbocycles. The molecule has 0 aliphatic heterocycles. The fourth-order valence-corrected chi connectivity index (χ4v) is 0. The minimum Gasteiger partial charge on any atom is -0.759 e. The molecule has 0 unspecified atom stereocenters. The van der Waals surface area contributed by atoms with Crippen molar-refractivity contribution in [1.29, 1.82) is 0 Å². The van der Waals surface area contributed by atoms with Crippen LogP contribution in [0.4, 0.5) is 0 Å². The molecular weight excluding hydrogens is 155 g/mol. The summed E-state index contributed by atoms with van der Waals surface area (Å²) in [6, 6.07) is 0. The molecule has 0 rings (SSSR count). The second-order valence-corrected chi connectivity index (χ2v) is 1.22. The van der Waals surface area contributed by atoms with Crippen molar-refractivity contribution in [1.82, 2.24) is 0 Å². The van der Waals surface area contributed by atoms with Crippen LogP contribution in [0.3, 0.4) is 0 Å². The summed E-state index contributed by atoms with van der Waals surface area (Å²) in [5, 5.41) is 0. The van der Waals surface area contributed by atoms with Gasteiger partial charge in [-0.25, -0.2) is 0 Å². The Bertz CT molecular complexity index is 90.7. The van der Waals surface area contributed by atoms with E-state index >= 15 is 0 Å². The maximum absolute atomic E-state index is 8.52. The van der Waals surface area contributed by atoms with Crippen molar-refractivity contribution in [3.8, 4) is 0 Å². The normalized spacial score (nSPS) is 9.67. The summed E-state index contributed by atoms with van der Waals surface area (Å²) >= 11 is 0. The maximum Gasteiger partial charge on any atom is 2.00 e. The zero-order chi connectivity index (χ0) is 4.50. The molecule has 0 bridgehead atoms. The van der Waals surface area contributed by atoms with Gasteiger partial charge in [-0.3, -0.25) is 8.42 Å². The van der Waals surface area contributed by atoms with Crippen molar-refractivity contribution in [3.63, 3.8) is 0 Å². The Balaban J connectivity index is 0. The fourth-order valence-electron chi connectivity index (χ4n) is 0. The van der Waals surface area contributed by atoms with Crippen molar-refractivity contribution in [2.75, 3.05) is 0 Å². The van der Waals surface area contributed by atoms with E-state index in [9.17, 15) is 0 Å². The summed E-state index contributed by atoms with van der Waals surface area (Å²) in [4.78, 5) is 0. The second kappa shape index (κ2) is 2.54. The standard InChI is InChI=1S/Fe.H2O4S/c;1-5(2,3)4/h;(H2,1,2,3,4)/q+2;/p-2/i1+3;. The first-order valence-corrected chi connectivity index (χ1v) is 2.00. The molecule has 6 heavy (non-hydrogen) atoms. The minimum absolute atomic E-state index is 0. The van der Waals surface area contributed by atoms with Crippen LogP contribution in [0.25, 0.3) is 0 Å². The molecule has 0 saturated heterocycles. The van der Waals surface area contributed by atoms with Crippen LogP contribution in [-0.2, 0) is 27.5 Å². The molecule has 0 atom stereocenters. The van der Waals surface area contributed by atoms with Crippen LogP contribution in [0.2, 0.25) is 0 Å². The zero-order valence-electron chi connectivity index (χ0n) is 2.39. The van der Waals surface area contributed by atoms with Crippen molar-refractivity contribution in [2.24, 2.45) is 0 Å². The Hall–Kier alpha value is 0.389. The summed E-state index contributed by atoms with van der Waals surface area (Å²) in [5.41, 5.74) is 0. The van der Waals surface area contributed by atoms with Crippen LogP contribution in [-0.4, -0.2) is 17.5 Å². The predicted molar refractivity (Wildman–Crippen MR) is 10.5 cm³/mol. The average molecular weight is 155 g/mol. The third-order valence-corrected chi connectivity index (χ3v) is 0. The predicted octanol–water partition coefficient (Wildman–Crippen LogP) is -1.34. The van der Waals surface area contributed by atoms with E-state index in [4.69, 9.17) is 17.5 Å². The quantitative estimate of drug-likeness (QED) is 0.246. The van der Waals surface area contributed by atoms with E-state index < -0.39 is 10.4 Å². The SMILES string of the molecule is O=S(=O)([O-])[O-].[59Fe+2]. The molecule has 0 amide bonds.